The molecular weight excluding hydrogens is 835 g/mol. The van der Waals surface area contributed by atoms with Gasteiger partial charge < -0.3 is 43.7 Å². The van der Waals surface area contributed by atoms with Crippen molar-refractivity contribution in [2.45, 2.75) is 77.5 Å². The number of carbonyl (C=O) groups is 3. The third-order valence-corrected chi connectivity index (χ3v) is 13.0. The van der Waals surface area contributed by atoms with Gasteiger partial charge >= 0.3 is 0 Å². The van der Waals surface area contributed by atoms with Crippen LogP contribution in [0.5, 0.6) is 28.7 Å². The lowest BCUT2D eigenvalue weighted by molar-refractivity contribution is -0.118. The van der Waals surface area contributed by atoms with Crippen molar-refractivity contribution in [2.75, 3.05) is 66.4 Å². The highest BCUT2D eigenvalue weighted by Crippen LogP contribution is 2.41. The van der Waals surface area contributed by atoms with Gasteiger partial charge in [-0.25, -0.2) is 0 Å². The van der Waals surface area contributed by atoms with Gasteiger partial charge in [0.15, 0.2) is 23.0 Å². The van der Waals surface area contributed by atoms with Crippen molar-refractivity contribution >= 4 is 53.3 Å². The molecule has 1 N–H and O–H groups in total. The minimum atomic E-state index is -0.157. The summed E-state index contributed by atoms with van der Waals surface area (Å²) in [5.74, 6) is 2.42. The van der Waals surface area contributed by atoms with E-state index in [0.29, 0.717) is 101 Å². The molecule has 16 heteroatoms. The molecule has 3 amide bonds. The number of fused-ring (bicyclic) bond motifs is 4. The van der Waals surface area contributed by atoms with Crippen LogP contribution in [-0.2, 0) is 18.0 Å². The zero-order valence-corrected chi connectivity index (χ0v) is 38.9. The first-order valence-electron chi connectivity index (χ1n) is 21.7. The largest absolute Gasteiger partial charge is 0.493 e. The number of rotatable bonds is 18. The van der Waals surface area contributed by atoms with Gasteiger partial charge in [0.05, 0.1) is 65.9 Å². The SMILES string of the molecule is C/C=C1\C[C@H]2C=Nc3cc(OCc4cc(OCCN(C)CC(C)(C)SCC(=O)NCC)cc(COc5cc6c(cc5OC)C(=O)N5C/C(=C/C)C[C@H]5C=N6)n4)c(OC)cc3C(=O)N2C1. The molecule has 0 aliphatic carbocycles. The molecule has 2 saturated heterocycles. The van der Waals surface area contributed by atoms with Crippen LogP contribution in [0, 0.1) is 0 Å². The Morgan fingerprint density at radius 2 is 1.33 bits per heavy atom. The number of benzene rings is 2. The second-order valence-corrected chi connectivity index (χ2v) is 18.5. The molecule has 0 bridgehead atoms. The second kappa shape index (κ2) is 20.3. The molecule has 0 radical (unpaired) electrons. The molecule has 4 aliphatic rings. The Labute approximate surface area is 379 Å². The number of hydrogen-bond acceptors (Lipinski definition) is 13. The van der Waals surface area contributed by atoms with Crippen LogP contribution in [0.4, 0.5) is 11.4 Å². The minimum Gasteiger partial charge on any atom is -0.493 e. The molecule has 64 heavy (non-hydrogen) atoms. The minimum absolute atomic E-state index is 0.0317. The molecule has 2 fully saturated rings. The van der Waals surface area contributed by atoms with Crippen molar-refractivity contribution < 1.29 is 38.1 Å². The number of likely N-dealkylation sites (N-methyl/N-ethyl adjacent to an activating group) is 1. The van der Waals surface area contributed by atoms with E-state index in [0.717, 1.165) is 19.4 Å². The molecular formula is C48H59N7O8S. The fourth-order valence-electron chi connectivity index (χ4n) is 8.29. The molecule has 1 aromatic heterocycles. The molecule has 340 valence electrons. The Hall–Kier alpha value is -5.87. The lowest BCUT2D eigenvalue weighted by atomic mass is 10.1. The van der Waals surface area contributed by atoms with Crippen LogP contribution in [0.1, 0.15) is 79.6 Å². The van der Waals surface area contributed by atoms with Crippen molar-refractivity contribution in [2.24, 2.45) is 9.98 Å². The van der Waals surface area contributed by atoms with Gasteiger partial charge in [-0.15, -0.1) is 11.8 Å². The summed E-state index contributed by atoms with van der Waals surface area (Å²) in [6, 6.07) is 10.3. The second-order valence-electron chi connectivity index (χ2n) is 16.9. The average Bonchev–Trinajstić information content (AvgIpc) is 3.85. The summed E-state index contributed by atoms with van der Waals surface area (Å²) in [7, 11) is 5.11. The van der Waals surface area contributed by atoms with Crippen LogP contribution in [0.25, 0.3) is 0 Å². The van der Waals surface area contributed by atoms with Crippen molar-refractivity contribution in [1.82, 2.24) is 25.0 Å². The number of methoxy groups -OCH3 is 2. The van der Waals surface area contributed by atoms with Gasteiger partial charge in [0.25, 0.3) is 11.8 Å². The zero-order valence-electron chi connectivity index (χ0n) is 38.1. The number of pyridine rings is 1. The van der Waals surface area contributed by atoms with E-state index in [9.17, 15) is 14.4 Å². The smallest absolute Gasteiger partial charge is 0.257 e. The van der Waals surface area contributed by atoms with Gasteiger partial charge in [0.2, 0.25) is 5.91 Å². The Balaban J connectivity index is 1.10. The van der Waals surface area contributed by atoms with E-state index in [2.05, 4.69) is 36.2 Å². The molecule has 0 unspecified atom stereocenters. The van der Waals surface area contributed by atoms with Crippen LogP contribution in [-0.4, -0.2) is 133 Å². The van der Waals surface area contributed by atoms with E-state index in [1.807, 2.05) is 62.2 Å². The molecule has 0 saturated carbocycles. The topological polar surface area (TPSA) is 157 Å². The number of nitrogens with one attached hydrogen (secondary N) is 1. The standard InChI is InChI=1S/C48H59N7O8S/c1-9-30-14-34-22-50-39-20-43(41(59-7)18-37(39)46(57)54(34)24-30)62-26-32-16-36(61-13-12-53(6)29-48(4,5)64-28-45(56)49-11-3)17-33(52-32)27-63-44-21-40-38(19-42(44)60-8)47(58)55-25-31(10-2)15-35(55)23-51-40/h9-10,16-23,34-35H,11-15,24-29H2,1-8H3,(H,49,56)/b30-9+,31-10+/t34-,35-/m0/s1. The fourth-order valence-corrected chi connectivity index (χ4v) is 9.22. The van der Waals surface area contributed by atoms with E-state index in [4.69, 9.17) is 38.7 Å². The monoisotopic (exact) mass is 893 g/mol. The number of ether oxygens (including phenoxy) is 5. The maximum absolute atomic E-state index is 13.7. The van der Waals surface area contributed by atoms with Gasteiger partial charge in [-0.05, 0) is 66.6 Å². The summed E-state index contributed by atoms with van der Waals surface area (Å²) in [6.45, 7) is 13.8. The van der Waals surface area contributed by atoms with Gasteiger partial charge in [-0.2, -0.15) is 0 Å². The normalized spacial score (nSPS) is 19.0. The highest BCUT2D eigenvalue weighted by Gasteiger charge is 2.36. The molecule has 2 aromatic carbocycles. The van der Waals surface area contributed by atoms with Gasteiger partial charge in [-0.3, -0.25) is 29.4 Å². The van der Waals surface area contributed by atoms with Gasteiger partial charge in [-0.1, -0.05) is 23.3 Å². The van der Waals surface area contributed by atoms with Crippen LogP contribution in [0.2, 0.25) is 0 Å². The Kier molecular flexibility index (Phi) is 14.6. The maximum Gasteiger partial charge on any atom is 0.257 e. The summed E-state index contributed by atoms with van der Waals surface area (Å²) in [5.41, 5.74) is 5.46. The molecule has 7 rings (SSSR count). The van der Waals surface area contributed by atoms with E-state index in [1.165, 1.54) is 11.1 Å². The first kappa shape index (κ1) is 46.1. The number of thioether (sulfide) groups is 1. The zero-order chi connectivity index (χ0) is 45.5. The van der Waals surface area contributed by atoms with Crippen LogP contribution in [0.3, 0.4) is 0 Å². The van der Waals surface area contributed by atoms with Gasteiger partial charge in [0, 0.05) is 74.2 Å². The van der Waals surface area contributed by atoms with Crippen molar-refractivity contribution in [1.29, 1.82) is 0 Å². The number of aromatic nitrogens is 1. The highest BCUT2D eigenvalue weighted by molar-refractivity contribution is 8.01. The third kappa shape index (κ3) is 10.7. The summed E-state index contributed by atoms with van der Waals surface area (Å²) in [5, 5.41) is 2.86. The predicted octanol–water partition coefficient (Wildman–Crippen LogP) is 6.97. The summed E-state index contributed by atoms with van der Waals surface area (Å²) in [4.78, 5) is 59.7. The van der Waals surface area contributed by atoms with E-state index in [-0.39, 0.29) is 47.8 Å². The number of nitrogens with zero attached hydrogens (tertiary/aromatic N) is 6. The van der Waals surface area contributed by atoms with Crippen LogP contribution < -0.4 is 29.0 Å². The first-order valence-corrected chi connectivity index (χ1v) is 22.7. The number of allylic oxidation sites excluding steroid dienone is 2. The summed E-state index contributed by atoms with van der Waals surface area (Å²) >= 11 is 1.62. The molecule has 0 spiro atoms. The Morgan fingerprint density at radius 1 is 0.812 bits per heavy atom. The fraction of sp³-hybridized carbons (Fsp3) is 0.458. The molecule has 3 aromatic rings. The van der Waals surface area contributed by atoms with Crippen molar-refractivity contribution in [3.63, 3.8) is 0 Å². The van der Waals surface area contributed by atoms with Gasteiger partial charge in [0.1, 0.15) is 25.6 Å². The third-order valence-electron chi connectivity index (χ3n) is 11.6. The first-order chi connectivity index (χ1) is 30.8. The molecule has 5 heterocycles. The number of hydrogen-bond donors (Lipinski definition) is 1. The highest BCUT2D eigenvalue weighted by atomic mass is 32.2. The molecule has 15 nitrogen and oxygen atoms in total. The average molecular weight is 894 g/mol. The number of aliphatic imine (C=N–C) groups is 2. The van der Waals surface area contributed by atoms with Crippen molar-refractivity contribution in [3.05, 3.63) is 82.2 Å². The molecule has 4 aliphatic heterocycles. The maximum atomic E-state index is 13.7. The predicted molar refractivity (Wildman–Crippen MR) is 250 cm³/mol. The number of carbonyl (C=O) groups excluding carboxylic acids is 3. The number of amides is 3. The summed E-state index contributed by atoms with van der Waals surface area (Å²) in [6.07, 6.45) is 9.30. The van der Waals surface area contributed by atoms with Crippen LogP contribution in [0.15, 0.2) is 69.7 Å². The lowest BCUT2D eigenvalue weighted by Gasteiger charge is -2.29. The van der Waals surface area contributed by atoms with Crippen molar-refractivity contribution in [3.8, 4) is 28.7 Å². The molecule has 2 atom stereocenters. The van der Waals surface area contributed by atoms with E-state index < -0.39 is 0 Å². The van der Waals surface area contributed by atoms with E-state index in [1.54, 1.807) is 50.2 Å². The lowest BCUT2D eigenvalue weighted by Crippen LogP contribution is -2.37. The Morgan fingerprint density at radius 3 is 1.80 bits per heavy atom. The summed E-state index contributed by atoms with van der Waals surface area (Å²) < 4.78 is 30.4. The Bertz CT molecular complexity index is 2240. The van der Waals surface area contributed by atoms with E-state index >= 15 is 0 Å². The quantitative estimate of drug-likeness (QED) is 0.132. The van der Waals surface area contributed by atoms with Crippen LogP contribution >= 0.6 is 11.8 Å².